The third-order valence-electron chi connectivity index (χ3n) is 2.78. The van der Waals surface area contributed by atoms with E-state index in [1.807, 2.05) is 18.2 Å². The maximum atomic E-state index is 11.8. The van der Waals surface area contributed by atoms with E-state index in [0.29, 0.717) is 12.4 Å². The Labute approximate surface area is 118 Å². The summed E-state index contributed by atoms with van der Waals surface area (Å²) in [7, 11) is 0. The summed E-state index contributed by atoms with van der Waals surface area (Å²) in [4.78, 5) is 15.9. The zero-order valence-corrected chi connectivity index (χ0v) is 11.2. The van der Waals surface area contributed by atoms with Crippen molar-refractivity contribution in [1.29, 1.82) is 0 Å². The van der Waals surface area contributed by atoms with Gasteiger partial charge in [0.25, 0.3) is 0 Å². The Kier molecular flexibility index (Phi) is 4.93. The first kappa shape index (κ1) is 13.8. The van der Waals surface area contributed by atoms with Crippen LogP contribution in [-0.4, -0.2) is 22.3 Å². The first-order valence-corrected chi connectivity index (χ1v) is 6.41. The molecule has 0 aliphatic rings. The normalized spacial score (nSPS) is 9.80. The van der Waals surface area contributed by atoms with Crippen molar-refractivity contribution in [3.63, 3.8) is 0 Å². The van der Waals surface area contributed by atoms with Crippen molar-refractivity contribution in [3.8, 4) is 0 Å². The fraction of sp³-hybridized carbons (Fsp3) is 0.188. The highest BCUT2D eigenvalue weighted by Crippen LogP contribution is 2.04. The maximum absolute atomic E-state index is 11.8. The number of ether oxygens (including phenoxy) is 1. The standard InChI is InChI=1S/C16H16N2O2/c1-2-7-15-17-11-12-18(15)16(19)20-13-6-10-14-8-4-3-5-9-14/h3-5,7-9,11-12H,1,6,10,13H2. The summed E-state index contributed by atoms with van der Waals surface area (Å²) in [6.07, 6.45) is 5.87. The van der Waals surface area contributed by atoms with Gasteiger partial charge in [-0.05, 0) is 18.4 Å². The lowest BCUT2D eigenvalue weighted by molar-refractivity contribution is 0.146. The second kappa shape index (κ2) is 7.12. The Hall–Kier alpha value is -2.58. The van der Waals surface area contributed by atoms with Gasteiger partial charge >= 0.3 is 6.09 Å². The van der Waals surface area contributed by atoms with Crippen LogP contribution in [0, 0.1) is 0 Å². The smallest absolute Gasteiger partial charge is 0.419 e. The fourth-order valence-electron chi connectivity index (χ4n) is 1.82. The molecule has 2 rings (SSSR count). The average Bonchev–Trinajstić information content (AvgIpc) is 2.93. The number of imidazole rings is 1. The van der Waals surface area contributed by atoms with Crippen LogP contribution < -0.4 is 0 Å². The molecule has 0 aliphatic heterocycles. The Morgan fingerprint density at radius 3 is 2.95 bits per heavy atom. The van der Waals surface area contributed by atoms with E-state index in [-0.39, 0.29) is 0 Å². The van der Waals surface area contributed by atoms with Gasteiger partial charge in [-0.3, -0.25) is 0 Å². The zero-order chi connectivity index (χ0) is 14.2. The highest BCUT2D eigenvalue weighted by Gasteiger charge is 2.09. The summed E-state index contributed by atoms with van der Waals surface area (Å²) in [5.74, 6) is 0.466. The largest absolute Gasteiger partial charge is 0.449 e. The Morgan fingerprint density at radius 1 is 1.40 bits per heavy atom. The highest BCUT2D eigenvalue weighted by molar-refractivity contribution is 5.73. The minimum atomic E-state index is -0.433. The molecular formula is C16H16N2O2. The number of aromatic nitrogens is 2. The van der Waals surface area contributed by atoms with Gasteiger partial charge in [0, 0.05) is 18.5 Å². The number of carbonyl (C=O) groups is 1. The van der Waals surface area contributed by atoms with E-state index < -0.39 is 6.09 Å². The van der Waals surface area contributed by atoms with Gasteiger partial charge in [0.15, 0.2) is 0 Å². The summed E-state index contributed by atoms with van der Waals surface area (Å²) in [6, 6.07) is 10.1. The number of hydrogen-bond donors (Lipinski definition) is 0. The van der Waals surface area contributed by atoms with Gasteiger partial charge in [0.1, 0.15) is 5.82 Å². The van der Waals surface area contributed by atoms with Crippen LogP contribution in [0.1, 0.15) is 17.8 Å². The molecule has 0 fully saturated rings. The lowest BCUT2D eigenvalue weighted by atomic mass is 10.1. The molecule has 0 amide bonds. The molecule has 0 saturated carbocycles. The van der Waals surface area contributed by atoms with Crippen LogP contribution in [0.3, 0.4) is 0 Å². The van der Waals surface area contributed by atoms with Crippen molar-refractivity contribution in [2.24, 2.45) is 0 Å². The highest BCUT2D eigenvalue weighted by atomic mass is 16.5. The SMILES string of the molecule is C=C=Cc1nccn1C(=O)OCCCc1ccccc1. The number of aryl methyl sites for hydroxylation is 1. The number of rotatable bonds is 5. The third-order valence-corrected chi connectivity index (χ3v) is 2.78. The third kappa shape index (κ3) is 3.70. The lowest BCUT2D eigenvalue weighted by Gasteiger charge is -2.06. The van der Waals surface area contributed by atoms with Crippen LogP contribution in [0.25, 0.3) is 6.08 Å². The number of nitrogens with zero attached hydrogens (tertiary/aromatic N) is 2. The molecular weight excluding hydrogens is 252 g/mol. The predicted octanol–water partition coefficient (Wildman–Crippen LogP) is 3.30. The van der Waals surface area contributed by atoms with E-state index in [1.165, 1.54) is 22.4 Å². The molecule has 4 heteroatoms. The number of carbonyl (C=O) groups excluding carboxylic acids is 1. The van der Waals surface area contributed by atoms with Crippen LogP contribution in [0.4, 0.5) is 4.79 Å². The van der Waals surface area contributed by atoms with Gasteiger partial charge in [-0.25, -0.2) is 14.3 Å². The minimum Gasteiger partial charge on any atom is -0.449 e. The molecule has 1 heterocycles. The second-order valence-corrected chi connectivity index (χ2v) is 4.21. The second-order valence-electron chi connectivity index (χ2n) is 4.21. The van der Waals surface area contributed by atoms with Crippen molar-refractivity contribution in [1.82, 2.24) is 9.55 Å². The van der Waals surface area contributed by atoms with Gasteiger partial charge in [0.2, 0.25) is 0 Å². The molecule has 0 atom stereocenters. The van der Waals surface area contributed by atoms with Gasteiger partial charge in [-0.2, -0.15) is 0 Å². The maximum Gasteiger partial charge on any atom is 0.419 e. The molecule has 0 saturated heterocycles. The first-order valence-electron chi connectivity index (χ1n) is 6.41. The van der Waals surface area contributed by atoms with E-state index in [9.17, 15) is 4.79 Å². The zero-order valence-electron chi connectivity index (χ0n) is 11.2. The van der Waals surface area contributed by atoms with Crippen LogP contribution in [0.15, 0.2) is 55.0 Å². The molecule has 1 aromatic carbocycles. The molecule has 0 radical (unpaired) electrons. The molecule has 0 bridgehead atoms. The number of hydrogen-bond acceptors (Lipinski definition) is 3. The van der Waals surface area contributed by atoms with E-state index in [2.05, 4.69) is 29.4 Å². The Bertz CT molecular complexity index is 610. The van der Waals surface area contributed by atoms with Crippen molar-refractivity contribution < 1.29 is 9.53 Å². The van der Waals surface area contributed by atoms with Crippen LogP contribution in [-0.2, 0) is 11.2 Å². The summed E-state index contributed by atoms with van der Waals surface area (Å²) < 4.78 is 6.55. The molecule has 0 spiro atoms. The Morgan fingerprint density at radius 2 is 2.20 bits per heavy atom. The van der Waals surface area contributed by atoms with Crippen LogP contribution in [0.5, 0.6) is 0 Å². The summed E-state index contributed by atoms with van der Waals surface area (Å²) in [5, 5.41) is 0. The molecule has 2 aromatic rings. The van der Waals surface area contributed by atoms with Gasteiger partial charge in [-0.15, -0.1) is 5.73 Å². The average molecular weight is 268 g/mol. The molecule has 0 unspecified atom stereocenters. The lowest BCUT2D eigenvalue weighted by Crippen LogP contribution is -2.15. The quantitative estimate of drug-likeness (QED) is 0.617. The van der Waals surface area contributed by atoms with E-state index >= 15 is 0 Å². The Balaban J connectivity index is 1.80. The predicted molar refractivity (Wildman–Crippen MR) is 77.3 cm³/mol. The van der Waals surface area contributed by atoms with Crippen molar-refractivity contribution >= 4 is 12.2 Å². The number of benzene rings is 1. The van der Waals surface area contributed by atoms with Crippen LogP contribution >= 0.6 is 0 Å². The minimum absolute atomic E-state index is 0.378. The van der Waals surface area contributed by atoms with Gasteiger partial charge < -0.3 is 4.74 Å². The van der Waals surface area contributed by atoms with Crippen molar-refractivity contribution in [2.75, 3.05) is 6.61 Å². The van der Waals surface area contributed by atoms with Crippen LogP contribution in [0.2, 0.25) is 0 Å². The van der Waals surface area contributed by atoms with E-state index in [0.717, 1.165) is 12.8 Å². The first-order chi connectivity index (χ1) is 9.81. The van der Waals surface area contributed by atoms with E-state index in [1.54, 1.807) is 6.20 Å². The molecule has 0 aliphatic carbocycles. The summed E-state index contributed by atoms with van der Waals surface area (Å²) in [6.45, 7) is 3.84. The molecule has 0 N–H and O–H groups in total. The summed E-state index contributed by atoms with van der Waals surface area (Å²) >= 11 is 0. The monoisotopic (exact) mass is 268 g/mol. The summed E-state index contributed by atoms with van der Waals surface area (Å²) in [5.41, 5.74) is 3.83. The van der Waals surface area contributed by atoms with E-state index in [4.69, 9.17) is 4.74 Å². The topological polar surface area (TPSA) is 44.1 Å². The van der Waals surface area contributed by atoms with Gasteiger partial charge in [0.05, 0.1) is 6.61 Å². The molecule has 20 heavy (non-hydrogen) atoms. The van der Waals surface area contributed by atoms with Gasteiger partial charge in [-0.1, -0.05) is 36.9 Å². The molecule has 1 aromatic heterocycles. The van der Waals surface area contributed by atoms with Crippen molar-refractivity contribution in [3.05, 3.63) is 66.4 Å². The van der Waals surface area contributed by atoms with Crippen molar-refractivity contribution in [2.45, 2.75) is 12.8 Å². The fourth-order valence-corrected chi connectivity index (χ4v) is 1.82. The molecule has 4 nitrogen and oxygen atoms in total. The molecule has 102 valence electrons.